The van der Waals surface area contributed by atoms with Crippen molar-refractivity contribution >= 4 is 0 Å². The predicted octanol–water partition coefficient (Wildman–Crippen LogP) is 7.62. The lowest BCUT2D eigenvalue weighted by Crippen LogP contribution is -2.13. The molecule has 0 aliphatic carbocycles. The molecule has 3 atom stereocenters. The summed E-state index contributed by atoms with van der Waals surface area (Å²) in [4.78, 5) is 0. The summed E-state index contributed by atoms with van der Waals surface area (Å²) in [6.45, 7) is 11.8. The summed E-state index contributed by atoms with van der Waals surface area (Å²) in [6, 6.07) is 0. The molecule has 20 heavy (non-hydrogen) atoms. The Morgan fingerprint density at radius 3 is 1.35 bits per heavy atom. The van der Waals surface area contributed by atoms with Crippen molar-refractivity contribution in [2.75, 3.05) is 0 Å². The van der Waals surface area contributed by atoms with Gasteiger partial charge in [-0.25, -0.2) is 0 Å². The molecular weight excluding hydrogens is 240 g/mol. The van der Waals surface area contributed by atoms with E-state index in [1.54, 1.807) is 0 Å². The Morgan fingerprint density at radius 2 is 0.950 bits per heavy atom. The van der Waals surface area contributed by atoms with Crippen LogP contribution in [0, 0.1) is 17.8 Å². The molecule has 0 aliphatic heterocycles. The van der Waals surface area contributed by atoms with Gasteiger partial charge in [-0.2, -0.15) is 0 Å². The molecule has 0 radical (unpaired) electrons. The standard InChI is InChI=1S/C20H42/c1-6-11-13-15-19(9-4)17-20(10-5)16-18(8-3)14-12-7-2/h18-20H,6-17H2,1-5H3. The molecule has 0 aromatic heterocycles. The van der Waals surface area contributed by atoms with Crippen LogP contribution in [0.3, 0.4) is 0 Å². The van der Waals surface area contributed by atoms with Crippen LogP contribution in [0.25, 0.3) is 0 Å². The molecule has 0 nitrogen and oxygen atoms in total. The van der Waals surface area contributed by atoms with Gasteiger partial charge in [-0.05, 0) is 30.6 Å². The fraction of sp³-hybridized carbons (Fsp3) is 1.00. The largest absolute Gasteiger partial charge is 0.0654 e. The van der Waals surface area contributed by atoms with Gasteiger partial charge in [0, 0.05) is 0 Å². The molecule has 0 saturated carbocycles. The van der Waals surface area contributed by atoms with Gasteiger partial charge in [0.1, 0.15) is 0 Å². The van der Waals surface area contributed by atoms with E-state index in [0.29, 0.717) is 0 Å². The zero-order valence-electron chi connectivity index (χ0n) is 15.2. The highest BCUT2D eigenvalue weighted by atomic mass is 14.2. The van der Waals surface area contributed by atoms with E-state index in [0.717, 1.165) is 17.8 Å². The lowest BCUT2D eigenvalue weighted by molar-refractivity contribution is 0.265. The number of unbranched alkanes of at least 4 members (excludes halogenated alkanes) is 3. The first kappa shape index (κ1) is 20.0. The minimum atomic E-state index is 0.989. The van der Waals surface area contributed by atoms with E-state index in [1.807, 2.05) is 0 Å². The van der Waals surface area contributed by atoms with Gasteiger partial charge in [0.2, 0.25) is 0 Å². The van der Waals surface area contributed by atoms with Gasteiger partial charge in [-0.15, -0.1) is 0 Å². The summed E-state index contributed by atoms with van der Waals surface area (Å²) in [7, 11) is 0. The summed E-state index contributed by atoms with van der Waals surface area (Å²) < 4.78 is 0. The summed E-state index contributed by atoms with van der Waals surface area (Å²) in [5, 5.41) is 0. The second-order valence-corrected chi connectivity index (χ2v) is 6.93. The third kappa shape index (κ3) is 9.83. The number of hydrogen-bond donors (Lipinski definition) is 0. The molecular formula is C20H42. The minimum absolute atomic E-state index is 0.989. The van der Waals surface area contributed by atoms with Gasteiger partial charge >= 0.3 is 0 Å². The molecule has 0 amide bonds. The summed E-state index contributed by atoms with van der Waals surface area (Å²) in [5.41, 5.74) is 0. The molecule has 0 heteroatoms. The van der Waals surface area contributed by atoms with Gasteiger partial charge in [0.15, 0.2) is 0 Å². The predicted molar refractivity (Wildman–Crippen MR) is 94.2 cm³/mol. The lowest BCUT2D eigenvalue weighted by atomic mass is 9.80. The topological polar surface area (TPSA) is 0 Å². The van der Waals surface area contributed by atoms with E-state index >= 15 is 0 Å². The summed E-state index contributed by atoms with van der Waals surface area (Å²) in [6.07, 6.45) is 17.2. The molecule has 0 fully saturated rings. The second-order valence-electron chi connectivity index (χ2n) is 6.93. The van der Waals surface area contributed by atoms with Gasteiger partial charge < -0.3 is 0 Å². The van der Waals surface area contributed by atoms with Crippen molar-refractivity contribution in [3.8, 4) is 0 Å². The smallest absolute Gasteiger partial charge is 0.0412 e. The van der Waals surface area contributed by atoms with E-state index in [1.165, 1.54) is 77.0 Å². The maximum absolute atomic E-state index is 2.41. The van der Waals surface area contributed by atoms with Crippen LogP contribution in [-0.2, 0) is 0 Å². The van der Waals surface area contributed by atoms with E-state index in [2.05, 4.69) is 34.6 Å². The Bertz CT molecular complexity index is 184. The first-order chi connectivity index (χ1) is 9.71. The van der Waals surface area contributed by atoms with Crippen LogP contribution in [0.5, 0.6) is 0 Å². The Morgan fingerprint density at radius 1 is 0.500 bits per heavy atom. The summed E-state index contributed by atoms with van der Waals surface area (Å²) in [5.74, 6) is 2.98. The highest BCUT2D eigenvalue weighted by Crippen LogP contribution is 2.30. The van der Waals surface area contributed by atoms with Crippen molar-refractivity contribution in [2.24, 2.45) is 17.8 Å². The monoisotopic (exact) mass is 282 g/mol. The fourth-order valence-electron chi connectivity index (χ4n) is 3.53. The zero-order chi connectivity index (χ0) is 15.2. The van der Waals surface area contributed by atoms with E-state index in [9.17, 15) is 0 Å². The Labute approximate surface area is 130 Å². The van der Waals surface area contributed by atoms with Gasteiger partial charge in [0.25, 0.3) is 0 Å². The van der Waals surface area contributed by atoms with Gasteiger partial charge in [0.05, 0.1) is 0 Å². The van der Waals surface area contributed by atoms with Crippen LogP contribution in [0.2, 0.25) is 0 Å². The lowest BCUT2D eigenvalue weighted by Gasteiger charge is -2.25. The highest BCUT2D eigenvalue weighted by Gasteiger charge is 2.17. The maximum Gasteiger partial charge on any atom is -0.0412 e. The van der Waals surface area contributed by atoms with Gasteiger partial charge in [-0.1, -0.05) is 98.8 Å². The molecule has 0 aromatic carbocycles. The number of hydrogen-bond acceptors (Lipinski definition) is 0. The third-order valence-electron chi connectivity index (χ3n) is 5.25. The van der Waals surface area contributed by atoms with Gasteiger partial charge in [-0.3, -0.25) is 0 Å². The maximum atomic E-state index is 2.41. The normalized spacial score (nSPS) is 16.1. The zero-order valence-corrected chi connectivity index (χ0v) is 15.2. The fourth-order valence-corrected chi connectivity index (χ4v) is 3.53. The van der Waals surface area contributed by atoms with Crippen molar-refractivity contribution in [3.05, 3.63) is 0 Å². The molecule has 0 N–H and O–H groups in total. The molecule has 0 heterocycles. The first-order valence-electron chi connectivity index (χ1n) is 9.71. The third-order valence-corrected chi connectivity index (χ3v) is 5.25. The minimum Gasteiger partial charge on any atom is -0.0654 e. The van der Waals surface area contributed by atoms with E-state index < -0.39 is 0 Å². The first-order valence-corrected chi connectivity index (χ1v) is 9.71. The van der Waals surface area contributed by atoms with Crippen molar-refractivity contribution in [2.45, 2.75) is 112 Å². The Balaban J connectivity index is 4.13. The van der Waals surface area contributed by atoms with Crippen molar-refractivity contribution in [3.63, 3.8) is 0 Å². The molecule has 0 aromatic rings. The average Bonchev–Trinajstić information content (AvgIpc) is 2.48. The average molecular weight is 283 g/mol. The summed E-state index contributed by atoms with van der Waals surface area (Å²) >= 11 is 0. The molecule has 0 bridgehead atoms. The van der Waals surface area contributed by atoms with Crippen molar-refractivity contribution in [1.82, 2.24) is 0 Å². The quantitative estimate of drug-likeness (QED) is 0.287. The van der Waals surface area contributed by atoms with Crippen LogP contribution in [0.1, 0.15) is 112 Å². The molecule has 122 valence electrons. The van der Waals surface area contributed by atoms with E-state index in [4.69, 9.17) is 0 Å². The molecule has 0 aliphatic rings. The van der Waals surface area contributed by atoms with Crippen LogP contribution in [0.4, 0.5) is 0 Å². The molecule has 0 saturated heterocycles. The van der Waals surface area contributed by atoms with Crippen molar-refractivity contribution < 1.29 is 0 Å². The van der Waals surface area contributed by atoms with Crippen LogP contribution in [-0.4, -0.2) is 0 Å². The van der Waals surface area contributed by atoms with Crippen LogP contribution < -0.4 is 0 Å². The van der Waals surface area contributed by atoms with Crippen LogP contribution in [0.15, 0.2) is 0 Å². The Hall–Kier alpha value is 0. The van der Waals surface area contributed by atoms with Crippen molar-refractivity contribution in [1.29, 1.82) is 0 Å². The molecule has 3 unspecified atom stereocenters. The molecule has 0 rings (SSSR count). The van der Waals surface area contributed by atoms with E-state index in [-0.39, 0.29) is 0 Å². The Kier molecular flexibility index (Phi) is 14.0. The second kappa shape index (κ2) is 14.0. The SMILES string of the molecule is CCCCCC(CC)CC(CC)CC(CC)CCCC. The highest BCUT2D eigenvalue weighted by molar-refractivity contribution is 4.69. The number of rotatable bonds is 14. The molecule has 0 spiro atoms. The van der Waals surface area contributed by atoms with Crippen LogP contribution >= 0.6 is 0 Å².